The number of rotatable bonds is 2. The molecule has 0 radical (unpaired) electrons. The van der Waals surface area contributed by atoms with Gasteiger partial charge in [-0.2, -0.15) is 0 Å². The average Bonchev–Trinajstić information content (AvgIpc) is 2.04. The van der Waals surface area contributed by atoms with Crippen LogP contribution in [0.15, 0.2) is 21.5 Å². The number of aliphatic carboxylic acids is 2. The van der Waals surface area contributed by atoms with Gasteiger partial charge in [0, 0.05) is 0 Å². The van der Waals surface area contributed by atoms with Gasteiger partial charge in [0.2, 0.25) is 0 Å². The molecule has 0 aromatic carbocycles. The number of carbonyl (C=O) groups excluding carboxylic acids is 2. The first-order valence-corrected chi connectivity index (χ1v) is 6.75. The van der Waals surface area contributed by atoms with Gasteiger partial charge in [-0.3, -0.25) is 0 Å². The minimum atomic E-state index is -1.49. The van der Waals surface area contributed by atoms with Gasteiger partial charge in [0.05, 0.1) is 0 Å². The Labute approximate surface area is 79.2 Å². The molecule has 1 heterocycles. The summed E-state index contributed by atoms with van der Waals surface area (Å²) >= 11 is -1.49. The summed E-state index contributed by atoms with van der Waals surface area (Å²) in [6, 6.07) is 0. The fourth-order valence-corrected chi connectivity index (χ4v) is 3.58. The molecule has 1 rings (SSSR count). The van der Waals surface area contributed by atoms with Crippen LogP contribution in [0.4, 0.5) is 0 Å². The van der Waals surface area contributed by atoms with Crippen LogP contribution in [-0.2, 0) is 9.59 Å². The van der Waals surface area contributed by atoms with Gasteiger partial charge < -0.3 is 0 Å². The molecule has 1 aliphatic heterocycles. The Morgan fingerprint density at radius 1 is 1.25 bits per heavy atom. The van der Waals surface area contributed by atoms with Gasteiger partial charge >= 0.3 is 79.2 Å². The van der Waals surface area contributed by atoms with Gasteiger partial charge in [-0.1, -0.05) is 0 Å². The number of carbonyl (C=O) groups is 2. The summed E-state index contributed by atoms with van der Waals surface area (Å²) in [7, 11) is 0. The van der Waals surface area contributed by atoms with Crippen molar-refractivity contribution in [2.75, 3.05) is 0 Å². The molecule has 12 heavy (non-hydrogen) atoms. The third-order valence-electron chi connectivity index (χ3n) is 1.22. The van der Waals surface area contributed by atoms with Crippen LogP contribution < -0.4 is 10.2 Å². The summed E-state index contributed by atoms with van der Waals surface area (Å²) < 4.78 is 1.66. The van der Waals surface area contributed by atoms with E-state index in [0.717, 1.165) is 0 Å². The van der Waals surface area contributed by atoms with Crippen LogP contribution in [-0.4, -0.2) is 37.9 Å². The quantitative estimate of drug-likeness (QED) is 0.487. The summed E-state index contributed by atoms with van der Waals surface area (Å²) in [4.78, 5) is 20.8. The van der Waals surface area contributed by atoms with Crippen molar-refractivity contribution in [3.05, 3.63) is 21.5 Å². The third kappa shape index (κ3) is 1.86. The first kappa shape index (κ1) is 9.26. The molecule has 0 spiro atoms. The van der Waals surface area contributed by atoms with E-state index in [1.165, 1.54) is 6.08 Å². The number of allylic oxidation sites excluding steroid dienone is 2. The summed E-state index contributed by atoms with van der Waals surface area (Å²) in [5.41, 5.74) is -0.228. The molecule has 4 nitrogen and oxygen atoms in total. The molecule has 0 aromatic rings. The van der Waals surface area contributed by atoms with Crippen molar-refractivity contribution in [2.24, 2.45) is 0 Å². The summed E-state index contributed by atoms with van der Waals surface area (Å²) in [6.07, 6.45) is 2.78. The van der Waals surface area contributed by atoms with E-state index < -0.39 is 34.7 Å². The second-order valence-electron chi connectivity index (χ2n) is 1.97. The Morgan fingerprint density at radius 3 is 2.33 bits per heavy atom. The molecule has 62 valence electrons. The fourth-order valence-electron chi connectivity index (χ4n) is 0.733. The van der Waals surface area contributed by atoms with Crippen LogP contribution >= 0.6 is 0 Å². The first-order valence-electron chi connectivity index (χ1n) is 3.00. The van der Waals surface area contributed by atoms with Crippen molar-refractivity contribution in [1.82, 2.24) is 0 Å². The molecule has 0 N–H and O–H groups in total. The second kappa shape index (κ2) is 3.72. The summed E-state index contributed by atoms with van der Waals surface area (Å²) in [6.45, 7) is 0. The maximum atomic E-state index is 10.4. The minimum absolute atomic E-state index is 0.0579. The zero-order chi connectivity index (χ0) is 9.14. The molecule has 0 unspecified atom stereocenters. The molecule has 0 amide bonds. The number of hydrogen-bond donors (Lipinski definition) is 0. The van der Waals surface area contributed by atoms with Crippen LogP contribution in [0.2, 0.25) is 0 Å². The number of carboxylic acid groups (broad SMARTS) is 2. The Hall–Kier alpha value is -0.827. The molecular formula is C7H3BiO4-2. The molecular weight excluding hydrogens is 357 g/mol. The Morgan fingerprint density at radius 2 is 1.92 bits per heavy atom. The van der Waals surface area contributed by atoms with Crippen molar-refractivity contribution in [3.63, 3.8) is 0 Å². The SMILES string of the molecule is O=C([O-])C1=CC=[CH][Bi]=[C]1C(=O)[O-]. The molecule has 0 saturated heterocycles. The van der Waals surface area contributed by atoms with E-state index >= 15 is 0 Å². The van der Waals surface area contributed by atoms with Gasteiger partial charge in [0.1, 0.15) is 0 Å². The van der Waals surface area contributed by atoms with E-state index in [2.05, 4.69) is 0 Å². The van der Waals surface area contributed by atoms with Gasteiger partial charge in [0.15, 0.2) is 0 Å². The van der Waals surface area contributed by atoms with Crippen molar-refractivity contribution >= 4 is 37.9 Å². The Kier molecular flexibility index (Phi) is 2.87. The van der Waals surface area contributed by atoms with Crippen molar-refractivity contribution < 1.29 is 19.8 Å². The van der Waals surface area contributed by atoms with Crippen molar-refractivity contribution in [1.29, 1.82) is 0 Å². The predicted octanol–water partition coefficient (Wildman–Crippen LogP) is -3.18. The molecule has 1 aliphatic rings. The van der Waals surface area contributed by atoms with Gasteiger partial charge in [0.25, 0.3) is 0 Å². The van der Waals surface area contributed by atoms with E-state index in [9.17, 15) is 19.8 Å². The van der Waals surface area contributed by atoms with E-state index in [4.69, 9.17) is 0 Å². The van der Waals surface area contributed by atoms with Crippen LogP contribution in [0.3, 0.4) is 0 Å². The van der Waals surface area contributed by atoms with Crippen molar-refractivity contribution in [2.45, 2.75) is 0 Å². The number of carboxylic acids is 2. The Balaban J connectivity index is 3.09. The molecule has 5 heteroatoms. The van der Waals surface area contributed by atoms with Crippen molar-refractivity contribution in [3.8, 4) is 0 Å². The van der Waals surface area contributed by atoms with E-state index in [1.54, 1.807) is 9.86 Å². The van der Waals surface area contributed by atoms with Gasteiger partial charge in [-0.05, 0) is 0 Å². The molecule has 0 atom stereocenters. The zero-order valence-corrected chi connectivity index (χ0v) is 9.29. The van der Waals surface area contributed by atoms with Gasteiger partial charge in [-0.25, -0.2) is 0 Å². The summed E-state index contributed by atoms with van der Waals surface area (Å²) in [5.74, 6) is -2.83. The predicted molar refractivity (Wildman–Crippen MR) is 38.0 cm³/mol. The first-order chi connectivity index (χ1) is 5.63. The topological polar surface area (TPSA) is 80.3 Å². The molecule has 0 saturated carbocycles. The molecule has 0 aromatic heterocycles. The molecule has 0 aliphatic carbocycles. The second-order valence-corrected chi connectivity index (χ2v) is 5.88. The normalized spacial score (nSPS) is 15.0. The van der Waals surface area contributed by atoms with Crippen LogP contribution in [0.25, 0.3) is 0 Å². The van der Waals surface area contributed by atoms with Crippen LogP contribution in [0.1, 0.15) is 0 Å². The third-order valence-corrected chi connectivity index (χ3v) is 5.12. The van der Waals surface area contributed by atoms with Gasteiger partial charge in [-0.15, -0.1) is 0 Å². The van der Waals surface area contributed by atoms with Crippen LogP contribution in [0.5, 0.6) is 0 Å². The fraction of sp³-hybridized carbons (Fsp3) is 0. The summed E-state index contributed by atoms with van der Waals surface area (Å²) in [5, 5.41) is 20.8. The zero-order valence-electron chi connectivity index (χ0n) is 5.81. The van der Waals surface area contributed by atoms with E-state index in [0.29, 0.717) is 0 Å². The maximum absolute atomic E-state index is 10.4. The average molecular weight is 360 g/mol. The Bertz CT molecular complexity index is 292. The van der Waals surface area contributed by atoms with E-state index in [1.807, 2.05) is 0 Å². The van der Waals surface area contributed by atoms with E-state index in [-0.39, 0.29) is 8.78 Å². The molecule has 0 bridgehead atoms. The molecule has 0 fully saturated rings. The standard InChI is InChI=1S/C7H5O4.Bi/c1-2-3-5(7(10)11)4-6(8)9;/h1-3H,(H,8,9)(H,10,11);/p-2. The van der Waals surface area contributed by atoms with Crippen LogP contribution in [0, 0.1) is 0 Å². The monoisotopic (exact) mass is 360 g/mol. The number of hydrogen-bond acceptors (Lipinski definition) is 4.